The molecule has 2 amide bonds. The van der Waals surface area contributed by atoms with Gasteiger partial charge < -0.3 is 5.32 Å². The number of rotatable bonds is 6. The molecular formula is C19H28N2O3. The first-order valence-corrected chi connectivity index (χ1v) is 8.85. The summed E-state index contributed by atoms with van der Waals surface area (Å²) in [6.45, 7) is 4.16. The summed E-state index contributed by atoms with van der Waals surface area (Å²) in [7, 11) is 0. The monoisotopic (exact) mass is 332 g/mol. The van der Waals surface area contributed by atoms with Crippen molar-refractivity contribution >= 4 is 11.8 Å². The molecule has 0 spiro atoms. The van der Waals surface area contributed by atoms with Crippen LogP contribution in [0.3, 0.4) is 0 Å². The third-order valence-electron chi connectivity index (χ3n) is 5.06. The zero-order chi connectivity index (χ0) is 17.6. The smallest absolute Gasteiger partial charge is 0.274 e. The van der Waals surface area contributed by atoms with Gasteiger partial charge in [-0.2, -0.15) is 0 Å². The second-order valence-corrected chi connectivity index (χ2v) is 7.00. The molecule has 1 aromatic carbocycles. The lowest BCUT2D eigenvalue weighted by molar-refractivity contribution is -0.132. The van der Waals surface area contributed by atoms with E-state index in [1.807, 2.05) is 12.1 Å². The molecule has 1 aromatic rings. The Balaban J connectivity index is 2.11. The highest BCUT2D eigenvalue weighted by Crippen LogP contribution is 2.36. The van der Waals surface area contributed by atoms with Crippen LogP contribution in [0.1, 0.15) is 80.8 Å². The van der Waals surface area contributed by atoms with Crippen molar-refractivity contribution in [3.8, 4) is 0 Å². The first kappa shape index (κ1) is 18.5. The first-order valence-electron chi connectivity index (χ1n) is 8.85. The van der Waals surface area contributed by atoms with Crippen molar-refractivity contribution in [1.29, 1.82) is 0 Å². The Morgan fingerprint density at radius 2 is 1.79 bits per heavy atom. The molecule has 3 N–H and O–H groups in total. The van der Waals surface area contributed by atoms with E-state index in [0.717, 1.165) is 44.1 Å². The van der Waals surface area contributed by atoms with Crippen molar-refractivity contribution in [3.05, 3.63) is 35.4 Å². The number of hydrogen-bond donors (Lipinski definition) is 3. The second-order valence-electron chi connectivity index (χ2n) is 7.00. The molecule has 0 heterocycles. The fraction of sp³-hybridized carbons (Fsp3) is 0.579. The van der Waals surface area contributed by atoms with Gasteiger partial charge in [-0.05, 0) is 37.0 Å². The van der Waals surface area contributed by atoms with E-state index in [9.17, 15) is 9.59 Å². The summed E-state index contributed by atoms with van der Waals surface area (Å²) in [5, 5.41) is 11.9. The summed E-state index contributed by atoms with van der Waals surface area (Å²) in [4.78, 5) is 24.2. The maximum atomic E-state index is 12.8. The number of carbonyl (C=O) groups is 2. The Morgan fingerprint density at radius 3 is 2.33 bits per heavy atom. The number of hydrogen-bond acceptors (Lipinski definition) is 3. The summed E-state index contributed by atoms with van der Waals surface area (Å²) in [6, 6.07) is 6.96. The molecule has 1 aliphatic rings. The fourth-order valence-corrected chi connectivity index (χ4v) is 3.43. The Kier molecular flexibility index (Phi) is 6.37. The van der Waals surface area contributed by atoms with Crippen molar-refractivity contribution < 1.29 is 14.8 Å². The molecule has 0 aliphatic heterocycles. The van der Waals surface area contributed by atoms with Crippen LogP contribution in [0.15, 0.2) is 24.3 Å². The molecule has 132 valence electrons. The zero-order valence-corrected chi connectivity index (χ0v) is 14.6. The topological polar surface area (TPSA) is 78.4 Å². The highest BCUT2D eigenvalue weighted by molar-refractivity contribution is 5.93. The Labute approximate surface area is 143 Å². The van der Waals surface area contributed by atoms with Gasteiger partial charge in [-0.1, -0.05) is 51.7 Å². The van der Waals surface area contributed by atoms with Crippen LogP contribution in [0, 0.1) is 5.41 Å². The van der Waals surface area contributed by atoms with Crippen LogP contribution in [0.2, 0.25) is 0 Å². The molecule has 0 radical (unpaired) electrons. The van der Waals surface area contributed by atoms with E-state index in [2.05, 4.69) is 19.2 Å². The normalized spacial score (nSPS) is 17.8. The van der Waals surface area contributed by atoms with Gasteiger partial charge >= 0.3 is 0 Å². The fourth-order valence-electron chi connectivity index (χ4n) is 3.43. The molecule has 1 aliphatic carbocycles. The highest BCUT2D eigenvalue weighted by Gasteiger charge is 2.35. The van der Waals surface area contributed by atoms with E-state index in [1.165, 1.54) is 6.42 Å². The van der Waals surface area contributed by atoms with Crippen LogP contribution < -0.4 is 10.8 Å². The van der Waals surface area contributed by atoms with Crippen LogP contribution in [0.5, 0.6) is 0 Å². The lowest BCUT2D eigenvalue weighted by Gasteiger charge is -2.34. The molecule has 1 fully saturated rings. The summed E-state index contributed by atoms with van der Waals surface area (Å²) in [5.41, 5.74) is 2.74. The quantitative estimate of drug-likeness (QED) is 0.548. The van der Waals surface area contributed by atoms with Crippen molar-refractivity contribution in [1.82, 2.24) is 10.8 Å². The summed E-state index contributed by atoms with van der Waals surface area (Å²) >= 11 is 0. The third kappa shape index (κ3) is 4.35. The SMILES string of the molecule is CCC[C@@H](NC(=O)C1(C)CCCCC1)c1ccc(C(=O)NO)cc1. The molecule has 0 bridgehead atoms. The Hall–Kier alpha value is -1.88. The number of benzene rings is 1. The standard InChI is InChI=1S/C19H28N2O3/c1-3-7-16(14-8-10-15(11-9-14)17(22)21-24)20-18(23)19(2)12-5-4-6-13-19/h8-11,16,24H,3-7,12-13H2,1-2H3,(H,20,23)(H,21,22)/t16-/m1/s1. The lowest BCUT2D eigenvalue weighted by Crippen LogP contribution is -2.42. The van der Waals surface area contributed by atoms with E-state index >= 15 is 0 Å². The summed E-state index contributed by atoms with van der Waals surface area (Å²) in [5.74, 6) is -0.398. The van der Waals surface area contributed by atoms with Gasteiger partial charge in [-0.25, -0.2) is 5.48 Å². The van der Waals surface area contributed by atoms with Gasteiger partial charge in [0.15, 0.2) is 0 Å². The molecule has 5 nitrogen and oxygen atoms in total. The van der Waals surface area contributed by atoms with Crippen molar-refractivity contribution in [2.45, 2.75) is 64.8 Å². The minimum absolute atomic E-state index is 0.0486. The van der Waals surface area contributed by atoms with E-state index in [-0.39, 0.29) is 17.4 Å². The predicted molar refractivity (Wildman–Crippen MR) is 92.7 cm³/mol. The van der Waals surface area contributed by atoms with Crippen LogP contribution in [0.25, 0.3) is 0 Å². The van der Waals surface area contributed by atoms with E-state index in [1.54, 1.807) is 17.6 Å². The van der Waals surface area contributed by atoms with Gasteiger partial charge in [0.1, 0.15) is 0 Å². The molecule has 0 saturated heterocycles. The number of carbonyl (C=O) groups excluding carboxylic acids is 2. The highest BCUT2D eigenvalue weighted by atomic mass is 16.5. The third-order valence-corrected chi connectivity index (χ3v) is 5.06. The van der Waals surface area contributed by atoms with E-state index in [0.29, 0.717) is 5.56 Å². The largest absolute Gasteiger partial charge is 0.349 e. The minimum atomic E-state index is -0.535. The van der Waals surface area contributed by atoms with Crippen LogP contribution >= 0.6 is 0 Å². The second kappa shape index (κ2) is 8.29. The number of nitrogens with one attached hydrogen (secondary N) is 2. The molecule has 24 heavy (non-hydrogen) atoms. The molecule has 0 aromatic heterocycles. The predicted octanol–water partition coefficient (Wildman–Crippen LogP) is 3.73. The molecule has 2 rings (SSSR count). The molecular weight excluding hydrogens is 304 g/mol. The Bertz CT molecular complexity index is 562. The zero-order valence-electron chi connectivity index (χ0n) is 14.6. The average Bonchev–Trinajstić information content (AvgIpc) is 2.61. The molecule has 0 unspecified atom stereocenters. The first-order chi connectivity index (χ1) is 11.5. The maximum Gasteiger partial charge on any atom is 0.274 e. The Morgan fingerprint density at radius 1 is 1.17 bits per heavy atom. The average molecular weight is 332 g/mol. The summed E-state index contributed by atoms with van der Waals surface area (Å²) < 4.78 is 0. The van der Waals surface area contributed by atoms with E-state index in [4.69, 9.17) is 5.21 Å². The van der Waals surface area contributed by atoms with Crippen LogP contribution in [-0.2, 0) is 4.79 Å². The summed E-state index contributed by atoms with van der Waals surface area (Å²) in [6.07, 6.45) is 7.17. The van der Waals surface area contributed by atoms with Gasteiger partial charge in [0.25, 0.3) is 5.91 Å². The van der Waals surface area contributed by atoms with Crippen molar-refractivity contribution in [3.63, 3.8) is 0 Å². The van der Waals surface area contributed by atoms with Crippen LogP contribution in [0.4, 0.5) is 0 Å². The molecule has 1 atom stereocenters. The lowest BCUT2D eigenvalue weighted by atomic mass is 9.75. The van der Waals surface area contributed by atoms with Gasteiger partial charge in [0.05, 0.1) is 6.04 Å². The van der Waals surface area contributed by atoms with Crippen LogP contribution in [-0.4, -0.2) is 17.0 Å². The minimum Gasteiger partial charge on any atom is -0.349 e. The molecule has 5 heteroatoms. The van der Waals surface area contributed by atoms with E-state index < -0.39 is 5.91 Å². The van der Waals surface area contributed by atoms with Gasteiger partial charge in [0, 0.05) is 11.0 Å². The van der Waals surface area contributed by atoms with Crippen molar-refractivity contribution in [2.75, 3.05) is 0 Å². The number of amides is 2. The van der Waals surface area contributed by atoms with Gasteiger partial charge in [-0.15, -0.1) is 0 Å². The van der Waals surface area contributed by atoms with Gasteiger partial charge in [0.2, 0.25) is 5.91 Å². The molecule has 1 saturated carbocycles. The van der Waals surface area contributed by atoms with Gasteiger partial charge in [-0.3, -0.25) is 14.8 Å². The maximum absolute atomic E-state index is 12.8. The van der Waals surface area contributed by atoms with Crippen molar-refractivity contribution in [2.24, 2.45) is 5.41 Å². The number of hydroxylamine groups is 1.